The summed E-state index contributed by atoms with van der Waals surface area (Å²) in [6.45, 7) is 5.62. The van der Waals surface area contributed by atoms with Crippen LogP contribution in [0.1, 0.15) is 43.1 Å². The van der Waals surface area contributed by atoms with Gasteiger partial charge in [-0.3, -0.25) is 0 Å². The van der Waals surface area contributed by atoms with Crippen LogP contribution in [0.5, 0.6) is 5.75 Å². The topological polar surface area (TPSA) is 35.5 Å². The molecule has 0 radical (unpaired) electrons. The van der Waals surface area contributed by atoms with Crippen molar-refractivity contribution in [2.24, 2.45) is 0 Å². The third-order valence-electron chi connectivity index (χ3n) is 2.73. The second-order valence-electron chi connectivity index (χ2n) is 5.62. The Morgan fingerprint density at radius 1 is 1.30 bits per heavy atom. The Labute approximate surface area is 126 Å². The maximum absolute atomic E-state index is 12.3. The van der Waals surface area contributed by atoms with Gasteiger partial charge in [0.05, 0.1) is 12.7 Å². The Morgan fingerprint density at radius 2 is 2.00 bits per heavy atom. The fraction of sp³-hybridized carbons (Fsp3) is 0.562. The average Bonchev–Trinajstić information content (AvgIpc) is 2.37. The number of aryl methyl sites for hydroxylation is 1. The van der Waals surface area contributed by atoms with E-state index in [2.05, 4.69) is 6.26 Å². The highest BCUT2D eigenvalue weighted by molar-refractivity contribution is 7.98. The van der Waals surface area contributed by atoms with Gasteiger partial charge in [0, 0.05) is 0 Å². The van der Waals surface area contributed by atoms with E-state index < -0.39 is 5.60 Å². The van der Waals surface area contributed by atoms with Gasteiger partial charge in [-0.25, -0.2) is 4.79 Å². The summed E-state index contributed by atoms with van der Waals surface area (Å²) in [6.07, 6.45) is 4.01. The molecular weight excluding hydrogens is 272 g/mol. The first kappa shape index (κ1) is 16.9. The van der Waals surface area contributed by atoms with Crippen molar-refractivity contribution in [3.63, 3.8) is 0 Å². The van der Waals surface area contributed by atoms with E-state index >= 15 is 0 Å². The molecule has 0 spiro atoms. The molecule has 0 heterocycles. The van der Waals surface area contributed by atoms with Crippen LogP contribution in [0.15, 0.2) is 18.2 Å². The smallest absolute Gasteiger partial charge is 0.339 e. The fourth-order valence-corrected chi connectivity index (χ4v) is 2.26. The molecule has 4 heteroatoms. The quantitative estimate of drug-likeness (QED) is 0.588. The molecule has 0 unspecified atom stereocenters. The van der Waals surface area contributed by atoms with Gasteiger partial charge < -0.3 is 9.47 Å². The number of thioether (sulfide) groups is 1. The molecule has 0 N–H and O–H groups in total. The first-order valence-corrected chi connectivity index (χ1v) is 8.16. The van der Waals surface area contributed by atoms with E-state index in [1.807, 2.05) is 44.7 Å². The maximum atomic E-state index is 12.3. The number of methoxy groups -OCH3 is 1. The number of hydrogen-bond donors (Lipinski definition) is 0. The zero-order valence-corrected chi connectivity index (χ0v) is 13.8. The van der Waals surface area contributed by atoms with Crippen molar-refractivity contribution in [1.29, 1.82) is 0 Å². The molecule has 1 aromatic rings. The first-order valence-electron chi connectivity index (χ1n) is 6.76. The van der Waals surface area contributed by atoms with E-state index in [1.165, 1.54) is 0 Å². The third-order valence-corrected chi connectivity index (χ3v) is 3.43. The van der Waals surface area contributed by atoms with Crippen molar-refractivity contribution in [3.05, 3.63) is 29.3 Å². The molecule has 0 aliphatic carbocycles. The Morgan fingerprint density at radius 3 is 2.55 bits per heavy atom. The molecule has 0 saturated heterocycles. The molecule has 0 amide bonds. The van der Waals surface area contributed by atoms with E-state index in [-0.39, 0.29) is 5.97 Å². The molecule has 0 bridgehead atoms. The second kappa shape index (κ2) is 7.58. The number of ether oxygens (including phenoxy) is 2. The summed E-state index contributed by atoms with van der Waals surface area (Å²) in [4.78, 5) is 12.3. The first-order chi connectivity index (χ1) is 9.37. The summed E-state index contributed by atoms with van der Waals surface area (Å²) in [5, 5.41) is 0. The van der Waals surface area contributed by atoms with Gasteiger partial charge in [0.25, 0.3) is 0 Å². The second-order valence-corrected chi connectivity index (χ2v) is 6.61. The summed E-state index contributed by atoms with van der Waals surface area (Å²) >= 11 is 1.81. The molecule has 20 heavy (non-hydrogen) atoms. The van der Waals surface area contributed by atoms with E-state index in [0.29, 0.717) is 11.3 Å². The SMILES string of the molecule is COc1ccc(CCCSC)c(C(=O)OC(C)(C)C)c1. The van der Waals surface area contributed by atoms with Crippen LogP contribution in [-0.2, 0) is 11.2 Å². The largest absolute Gasteiger partial charge is 0.497 e. The lowest BCUT2D eigenvalue weighted by Gasteiger charge is -2.21. The Balaban J connectivity index is 2.96. The molecule has 0 aliphatic heterocycles. The number of esters is 1. The average molecular weight is 296 g/mol. The third kappa shape index (κ3) is 5.45. The van der Waals surface area contributed by atoms with Crippen LogP contribution < -0.4 is 4.74 Å². The van der Waals surface area contributed by atoms with Crippen molar-refractivity contribution >= 4 is 17.7 Å². The van der Waals surface area contributed by atoms with Crippen LogP contribution in [0.4, 0.5) is 0 Å². The standard InChI is InChI=1S/C16H24O3S/c1-16(2,3)19-15(17)14-11-13(18-4)9-8-12(14)7-6-10-20-5/h8-9,11H,6-7,10H2,1-5H3. The maximum Gasteiger partial charge on any atom is 0.339 e. The van der Waals surface area contributed by atoms with Crippen LogP contribution in [0.3, 0.4) is 0 Å². The number of benzene rings is 1. The minimum absolute atomic E-state index is 0.282. The lowest BCUT2D eigenvalue weighted by atomic mass is 10.0. The molecular formula is C16H24O3S. The van der Waals surface area contributed by atoms with E-state index in [1.54, 1.807) is 13.2 Å². The summed E-state index contributed by atoms with van der Waals surface area (Å²) in [6, 6.07) is 5.61. The molecule has 0 aromatic heterocycles. The molecule has 1 aromatic carbocycles. The number of rotatable bonds is 6. The Kier molecular flexibility index (Phi) is 6.40. The van der Waals surface area contributed by atoms with E-state index in [4.69, 9.17) is 9.47 Å². The summed E-state index contributed by atoms with van der Waals surface area (Å²) in [5.41, 5.74) is 1.14. The normalized spacial score (nSPS) is 11.2. The van der Waals surface area contributed by atoms with Crippen LogP contribution in [0.2, 0.25) is 0 Å². The van der Waals surface area contributed by atoms with Gasteiger partial charge in [0.15, 0.2) is 0 Å². The summed E-state index contributed by atoms with van der Waals surface area (Å²) in [5.74, 6) is 1.48. The zero-order chi connectivity index (χ0) is 15.2. The fourth-order valence-electron chi connectivity index (χ4n) is 1.83. The number of hydrogen-bond acceptors (Lipinski definition) is 4. The molecule has 3 nitrogen and oxygen atoms in total. The van der Waals surface area contributed by atoms with Crippen molar-refractivity contribution in [2.45, 2.75) is 39.2 Å². The highest BCUT2D eigenvalue weighted by Crippen LogP contribution is 2.22. The summed E-state index contributed by atoms with van der Waals surface area (Å²) in [7, 11) is 1.60. The van der Waals surface area contributed by atoms with Gasteiger partial charge in [-0.15, -0.1) is 0 Å². The van der Waals surface area contributed by atoms with Crippen LogP contribution in [0, 0.1) is 0 Å². The van der Waals surface area contributed by atoms with Crippen LogP contribution in [0.25, 0.3) is 0 Å². The van der Waals surface area contributed by atoms with Gasteiger partial charge in [-0.2, -0.15) is 11.8 Å². The van der Waals surface area contributed by atoms with Crippen molar-refractivity contribution in [1.82, 2.24) is 0 Å². The minimum Gasteiger partial charge on any atom is -0.497 e. The van der Waals surface area contributed by atoms with Crippen molar-refractivity contribution in [2.75, 3.05) is 19.1 Å². The van der Waals surface area contributed by atoms with E-state index in [0.717, 1.165) is 24.2 Å². The number of carbonyl (C=O) groups excluding carboxylic acids is 1. The summed E-state index contributed by atoms with van der Waals surface area (Å²) < 4.78 is 10.7. The zero-order valence-electron chi connectivity index (χ0n) is 13.0. The highest BCUT2D eigenvalue weighted by Gasteiger charge is 2.20. The molecule has 0 fully saturated rings. The molecule has 1 rings (SSSR count). The van der Waals surface area contributed by atoms with Gasteiger partial charge >= 0.3 is 5.97 Å². The molecule has 0 saturated carbocycles. The van der Waals surface area contributed by atoms with Gasteiger partial charge in [0.2, 0.25) is 0 Å². The molecule has 112 valence electrons. The van der Waals surface area contributed by atoms with Crippen molar-refractivity contribution < 1.29 is 14.3 Å². The van der Waals surface area contributed by atoms with Gasteiger partial charge in [-0.05, 0) is 63.3 Å². The molecule has 0 atom stereocenters. The molecule has 0 aliphatic rings. The van der Waals surface area contributed by atoms with Gasteiger partial charge in [-0.1, -0.05) is 6.07 Å². The highest BCUT2D eigenvalue weighted by atomic mass is 32.2. The lowest BCUT2D eigenvalue weighted by Crippen LogP contribution is -2.24. The van der Waals surface area contributed by atoms with Gasteiger partial charge in [0.1, 0.15) is 11.4 Å². The predicted molar refractivity (Wildman–Crippen MR) is 84.9 cm³/mol. The van der Waals surface area contributed by atoms with E-state index in [9.17, 15) is 4.79 Å². The Hall–Kier alpha value is -1.16. The van der Waals surface area contributed by atoms with Crippen LogP contribution >= 0.6 is 11.8 Å². The van der Waals surface area contributed by atoms with Crippen molar-refractivity contribution in [3.8, 4) is 5.75 Å². The Bertz CT molecular complexity index is 450. The monoisotopic (exact) mass is 296 g/mol. The number of carbonyl (C=O) groups is 1. The van der Waals surface area contributed by atoms with Crippen LogP contribution in [-0.4, -0.2) is 30.7 Å². The lowest BCUT2D eigenvalue weighted by molar-refractivity contribution is 0.00680. The minimum atomic E-state index is -0.489. The predicted octanol–water partition coefficient (Wildman–Crippen LogP) is 3.95.